The molecule has 41 heavy (non-hydrogen) atoms. The number of hydrogen-bond donors (Lipinski definition) is 2. The lowest BCUT2D eigenvalue weighted by Crippen LogP contribution is -2.55. The second-order valence-corrected chi connectivity index (χ2v) is 13.8. The lowest BCUT2D eigenvalue weighted by atomic mass is 9.69. The average Bonchev–Trinajstić information content (AvgIpc) is 2.91. The van der Waals surface area contributed by atoms with E-state index in [2.05, 4.69) is 76.0 Å². The molecule has 1 unspecified atom stereocenters. The number of carboxylic acids is 1. The highest BCUT2D eigenvalue weighted by Crippen LogP contribution is 2.42. The molecule has 1 aromatic carbocycles. The summed E-state index contributed by atoms with van der Waals surface area (Å²) in [5, 5.41) is 13.8. The van der Waals surface area contributed by atoms with Gasteiger partial charge in [-0.05, 0) is 77.7 Å². The van der Waals surface area contributed by atoms with E-state index >= 15 is 0 Å². The van der Waals surface area contributed by atoms with E-state index in [-0.39, 0.29) is 16.9 Å². The molecule has 1 fully saturated rings. The predicted octanol–water partition coefficient (Wildman–Crippen LogP) is 7.44. The number of anilines is 1. The summed E-state index contributed by atoms with van der Waals surface area (Å²) in [6.45, 7) is 16.6. The van der Waals surface area contributed by atoms with Crippen molar-refractivity contribution in [3.05, 3.63) is 58.3 Å². The van der Waals surface area contributed by atoms with Crippen LogP contribution in [0.1, 0.15) is 120 Å². The van der Waals surface area contributed by atoms with Gasteiger partial charge >= 0.3 is 5.97 Å². The SMILES string of the molecule is CCCCC(C)(C)c1cccc(C(C(=O)O)N2CC(OCCCCCc3ccc4c(n3)NCCC4)C2)c1C(C)(C)C. The van der Waals surface area contributed by atoms with Crippen molar-refractivity contribution in [2.75, 3.05) is 31.6 Å². The molecule has 2 N–H and O–H groups in total. The second-order valence-electron chi connectivity index (χ2n) is 13.8. The number of hydrogen-bond acceptors (Lipinski definition) is 5. The number of aryl methyl sites for hydroxylation is 2. The van der Waals surface area contributed by atoms with Gasteiger partial charge in [0.05, 0.1) is 6.10 Å². The molecular formula is C35H53N3O3. The van der Waals surface area contributed by atoms with Crippen LogP contribution >= 0.6 is 0 Å². The Morgan fingerprint density at radius 3 is 2.59 bits per heavy atom. The largest absolute Gasteiger partial charge is 0.480 e. The highest BCUT2D eigenvalue weighted by molar-refractivity contribution is 5.77. The molecule has 1 aromatic heterocycles. The number of likely N-dealkylation sites (tertiary alicyclic amines) is 1. The maximum Gasteiger partial charge on any atom is 0.325 e. The Morgan fingerprint density at radius 1 is 1.10 bits per heavy atom. The van der Waals surface area contributed by atoms with Gasteiger partial charge in [-0.15, -0.1) is 0 Å². The van der Waals surface area contributed by atoms with E-state index < -0.39 is 12.0 Å². The third-order valence-corrected chi connectivity index (χ3v) is 8.88. The van der Waals surface area contributed by atoms with E-state index in [4.69, 9.17) is 9.72 Å². The minimum Gasteiger partial charge on any atom is -0.480 e. The molecule has 0 aliphatic carbocycles. The molecule has 0 amide bonds. The molecule has 1 atom stereocenters. The molecule has 2 aromatic rings. The van der Waals surface area contributed by atoms with Crippen LogP contribution in [0, 0.1) is 0 Å². The first-order valence-corrected chi connectivity index (χ1v) is 16.0. The number of benzene rings is 1. The van der Waals surface area contributed by atoms with Gasteiger partial charge in [0.15, 0.2) is 0 Å². The fourth-order valence-electron chi connectivity index (χ4n) is 6.57. The first-order chi connectivity index (χ1) is 19.5. The van der Waals surface area contributed by atoms with Crippen molar-refractivity contribution >= 4 is 11.8 Å². The van der Waals surface area contributed by atoms with Gasteiger partial charge in [-0.3, -0.25) is 9.69 Å². The number of aliphatic carboxylic acids is 1. The Bertz CT molecular complexity index is 1160. The first-order valence-electron chi connectivity index (χ1n) is 16.0. The van der Waals surface area contributed by atoms with Crippen LogP contribution in [0.5, 0.6) is 0 Å². The van der Waals surface area contributed by atoms with Crippen LogP contribution in [-0.2, 0) is 33.2 Å². The summed E-state index contributed by atoms with van der Waals surface area (Å²) < 4.78 is 6.16. The number of carboxylic acid groups (broad SMARTS) is 1. The van der Waals surface area contributed by atoms with Crippen LogP contribution in [0.25, 0.3) is 0 Å². The smallest absolute Gasteiger partial charge is 0.325 e. The maximum atomic E-state index is 12.7. The Hall–Kier alpha value is -2.44. The first kappa shape index (κ1) is 31.5. The Balaban J connectivity index is 1.30. The molecule has 0 bridgehead atoms. The molecule has 3 heterocycles. The number of pyridine rings is 1. The summed E-state index contributed by atoms with van der Waals surface area (Å²) in [7, 11) is 0. The van der Waals surface area contributed by atoms with Crippen molar-refractivity contribution in [1.29, 1.82) is 0 Å². The predicted molar refractivity (Wildman–Crippen MR) is 168 cm³/mol. The minimum atomic E-state index is -0.775. The lowest BCUT2D eigenvalue weighted by molar-refractivity contribution is -0.151. The molecule has 0 saturated carbocycles. The quantitative estimate of drug-likeness (QED) is 0.233. The lowest BCUT2D eigenvalue weighted by Gasteiger charge is -2.44. The van der Waals surface area contributed by atoms with Gasteiger partial charge in [0.2, 0.25) is 0 Å². The van der Waals surface area contributed by atoms with Gasteiger partial charge in [0, 0.05) is 31.9 Å². The number of nitrogens with zero attached hydrogens (tertiary/aromatic N) is 2. The molecule has 4 rings (SSSR count). The number of carbonyl (C=O) groups is 1. The van der Waals surface area contributed by atoms with E-state index in [0.717, 1.165) is 75.9 Å². The van der Waals surface area contributed by atoms with E-state index in [1.54, 1.807) is 0 Å². The summed E-state index contributed by atoms with van der Waals surface area (Å²) >= 11 is 0. The van der Waals surface area contributed by atoms with Crippen molar-refractivity contribution in [1.82, 2.24) is 9.88 Å². The fraction of sp³-hybridized carbons (Fsp3) is 0.657. The van der Waals surface area contributed by atoms with Crippen molar-refractivity contribution in [3.63, 3.8) is 0 Å². The normalized spacial score (nSPS) is 17.0. The number of aromatic nitrogens is 1. The van der Waals surface area contributed by atoms with Crippen molar-refractivity contribution < 1.29 is 14.6 Å². The van der Waals surface area contributed by atoms with Gasteiger partial charge < -0.3 is 15.2 Å². The molecule has 226 valence electrons. The van der Waals surface area contributed by atoms with Gasteiger partial charge in [0.1, 0.15) is 11.9 Å². The van der Waals surface area contributed by atoms with Crippen LogP contribution in [-0.4, -0.2) is 53.3 Å². The topological polar surface area (TPSA) is 74.7 Å². The third-order valence-electron chi connectivity index (χ3n) is 8.88. The third kappa shape index (κ3) is 7.90. The molecular weight excluding hydrogens is 510 g/mol. The fourth-order valence-corrected chi connectivity index (χ4v) is 6.57. The molecule has 6 heteroatoms. The Kier molecular flexibility index (Phi) is 10.5. The van der Waals surface area contributed by atoms with Crippen LogP contribution in [0.15, 0.2) is 30.3 Å². The van der Waals surface area contributed by atoms with E-state index in [1.165, 1.54) is 28.8 Å². The molecule has 6 nitrogen and oxygen atoms in total. The summed E-state index contributed by atoms with van der Waals surface area (Å²) in [5.74, 6) is 0.302. The van der Waals surface area contributed by atoms with Gasteiger partial charge in [-0.25, -0.2) is 4.98 Å². The standard InChI is InChI=1S/C35H53N3O3/c1-7-8-20-35(5,6)29-17-12-16-28(30(29)34(2,3)4)31(33(39)40)38-23-27(24-38)41-22-11-9-10-15-26-19-18-25-14-13-21-36-32(25)37-26/h12,16-19,27,31H,7-11,13-15,20-24H2,1-6H3,(H,36,37)(H,39,40). The van der Waals surface area contributed by atoms with Crippen LogP contribution in [0.3, 0.4) is 0 Å². The van der Waals surface area contributed by atoms with Crippen LogP contribution < -0.4 is 5.32 Å². The van der Waals surface area contributed by atoms with Crippen LogP contribution in [0.2, 0.25) is 0 Å². The number of ether oxygens (including phenoxy) is 1. The van der Waals surface area contributed by atoms with Crippen molar-refractivity contribution in [3.8, 4) is 0 Å². The molecule has 1 saturated heterocycles. The summed E-state index contributed by atoms with van der Waals surface area (Å²) in [5.41, 5.74) is 5.77. The summed E-state index contributed by atoms with van der Waals surface area (Å²) in [6, 6.07) is 10.1. The number of unbranched alkanes of at least 4 members (excludes halogenated alkanes) is 3. The Labute approximate surface area is 248 Å². The average molecular weight is 564 g/mol. The monoisotopic (exact) mass is 563 g/mol. The second kappa shape index (κ2) is 13.7. The zero-order valence-electron chi connectivity index (χ0n) is 26.4. The van der Waals surface area contributed by atoms with E-state index in [9.17, 15) is 9.90 Å². The van der Waals surface area contributed by atoms with Gasteiger partial charge in [0.25, 0.3) is 0 Å². The van der Waals surface area contributed by atoms with Gasteiger partial charge in [-0.2, -0.15) is 0 Å². The number of rotatable bonds is 14. The number of fused-ring (bicyclic) bond motifs is 1. The van der Waals surface area contributed by atoms with Crippen LogP contribution in [0.4, 0.5) is 5.82 Å². The molecule has 0 spiro atoms. The number of nitrogens with one attached hydrogen (secondary N) is 1. The minimum absolute atomic E-state index is 0.00879. The highest BCUT2D eigenvalue weighted by atomic mass is 16.5. The zero-order valence-corrected chi connectivity index (χ0v) is 26.4. The Morgan fingerprint density at radius 2 is 1.88 bits per heavy atom. The maximum absolute atomic E-state index is 12.7. The van der Waals surface area contributed by atoms with Crippen molar-refractivity contribution in [2.45, 2.75) is 122 Å². The molecule has 2 aliphatic heterocycles. The van der Waals surface area contributed by atoms with Crippen molar-refractivity contribution in [2.24, 2.45) is 0 Å². The summed E-state index contributed by atoms with van der Waals surface area (Å²) in [6.07, 6.45) is 10.1. The highest BCUT2D eigenvalue weighted by Gasteiger charge is 2.41. The van der Waals surface area contributed by atoms with E-state index in [1.807, 2.05) is 6.07 Å². The van der Waals surface area contributed by atoms with Gasteiger partial charge in [-0.1, -0.05) is 85.1 Å². The molecule has 2 aliphatic rings. The zero-order chi connectivity index (χ0) is 29.6. The summed E-state index contributed by atoms with van der Waals surface area (Å²) in [4.78, 5) is 19.6. The van der Waals surface area contributed by atoms with E-state index in [0.29, 0.717) is 13.1 Å². The molecule has 0 radical (unpaired) electrons.